The van der Waals surface area contributed by atoms with E-state index < -0.39 is 0 Å². The molecule has 0 radical (unpaired) electrons. The topological polar surface area (TPSA) is 92.3 Å². The van der Waals surface area contributed by atoms with Crippen molar-refractivity contribution in [1.29, 1.82) is 0 Å². The van der Waals surface area contributed by atoms with Crippen LogP contribution in [0.5, 0.6) is 0 Å². The number of aryl methyl sites for hydroxylation is 1. The van der Waals surface area contributed by atoms with Crippen molar-refractivity contribution in [3.63, 3.8) is 0 Å². The zero-order chi connectivity index (χ0) is 17.7. The molecule has 1 atom stereocenters. The summed E-state index contributed by atoms with van der Waals surface area (Å²) < 4.78 is 7.11. The molecule has 8 heteroatoms. The molecule has 0 saturated heterocycles. The van der Waals surface area contributed by atoms with Crippen LogP contribution < -0.4 is 0 Å². The van der Waals surface area contributed by atoms with E-state index in [1.807, 2.05) is 35.7 Å². The first kappa shape index (κ1) is 14.9. The summed E-state index contributed by atoms with van der Waals surface area (Å²) in [7, 11) is 0. The lowest BCUT2D eigenvalue weighted by atomic mass is 9.99. The van der Waals surface area contributed by atoms with Gasteiger partial charge in [-0.25, -0.2) is 14.5 Å². The number of aromatic nitrogens is 5. The molecule has 8 nitrogen and oxygen atoms in total. The van der Waals surface area contributed by atoms with Gasteiger partial charge in [0.25, 0.3) is 5.91 Å². The molecular weight excluding hydrogens is 332 g/mol. The fraction of sp³-hybridized carbons (Fsp3) is 0.222. The molecule has 1 unspecified atom stereocenters. The summed E-state index contributed by atoms with van der Waals surface area (Å²) in [6.45, 7) is 2.55. The SMILES string of the molecule is Cc1cccc2cc(C3c4nc[nH]c4CCN3C(=O)c3cnco3)nn12. The van der Waals surface area contributed by atoms with Gasteiger partial charge in [-0.05, 0) is 25.1 Å². The zero-order valence-corrected chi connectivity index (χ0v) is 14.1. The minimum Gasteiger partial charge on any atom is -0.438 e. The van der Waals surface area contributed by atoms with E-state index in [9.17, 15) is 4.79 Å². The van der Waals surface area contributed by atoms with Gasteiger partial charge in [-0.2, -0.15) is 5.10 Å². The lowest BCUT2D eigenvalue weighted by molar-refractivity contribution is 0.0654. The first-order chi connectivity index (χ1) is 12.7. The van der Waals surface area contributed by atoms with Crippen LogP contribution in [-0.4, -0.2) is 41.9 Å². The summed E-state index contributed by atoms with van der Waals surface area (Å²) in [6, 6.07) is 7.63. The Balaban J connectivity index is 1.66. The number of imidazole rings is 1. The van der Waals surface area contributed by atoms with Crippen LogP contribution in [0.15, 0.2) is 47.6 Å². The predicted molar refractivity (Wildman–Crippen MR) is 91.6 cm³/mol. The van der Waals surface area contributed by atoms with Crippen molar-refractivity contribution in [2.45, 2.75) is 19.4 Å². The van der Waals surface area contributed by atoms with Crippen molar-refractivity contribution in [3.05, 3.63) is 71.7 Å². The smallest absolute Gasteiger partial charge is 0.292 e. The molecule has 5 rings (SSSR count). The number of amides is 1. The highest BCUT2D eigenvalue weighted by Crippen LogP contribution is 2.34. The first-order valence-corrected chi connectivity index (χ1v) is 8.39. The summed E-state index contributed by atoms with van der Waals surface area (Å²) in [5, 5.41) is 4.75. The summed E-state index contributed by atoms with van der Waals surface area (Å²) in [5.74, 6) is 0.00357. The Morgan fingerprint density at radius 3 is 3.12 bits per heavy atom. The lowest BCUT2D eigenvalue weighted by Gasteiger charge is -2.33. The molecule has 26 heavy (non-hydrogen) atoms. The maximum Gasteiger partial charge on any atom is 0.292 e. The van der Waals surface area contributed by atoms with E-state index >= 15 is 0 Å². The summed E-state index contributed by atoms with van der Waals surface area (Å²) in [4.78, 5) is 26.2. The van der Waals surface area contributed by atoms with E-state index in [4.69, 9.17) is 9.52 Å². The second-order valence-corrected chi connectivity index (χ2v) is 6.36. The molecule has 1 aliphatic rings. The molecular formula is C18H16N6O2. The number of pyridine rings is 1. The molecule has 0 bridgehead atoms. The van der Waals surface area contributed by atoms with Crippen LogP contribution in [0.25, 0.3) is 5.52 Å². The number of oxazole rings is 1. The number of nitrogens with one attached hydrogen (secondary N) is 1. The number of aromatic amines is 1. The Labute approximate surface area is 148 Å². The van der Waals surface area contributed by atoms with E-state index in [1.165, 1.54) is 12.6 Å². The van der Waals surface area contributed by atoms with E-state index in [0.29, 0.717) is 13.0 Å². The van der Waals surface area contributed by atoms with Crippen molar-refractivity contribution in [1.82, 2.24) is 29.5 Å². The van der Waals surface area contributed by atoms with Crippen molar-refractivity contribution in [2.24, 2.45) is 0 Å². The van der Waals surface area contributed by atoms with Gasteiger partial charge < -0.3 is 14.3 Å². The van der Waals surface area contributed by atoms with E-state index in [1.54, 1.807) is 11.2 Å². The maximum absolute atomic E-state index is 13.0. The van der Waals surface area contributed by atoms with Gasteiger partial charge >= 0.3 is 0 Å². The fourth-order valence-corrected chi connectivity index (χ4v) is 3.56. The Kier molecular flexibility index (Phi) is 3.18. The van der Waals surface area contributed by atoms with Crippen molar-refractivity contribution in [2.75, 3.05) is 6.54 Å². The molecule has 0 saturated carbocycles. The minimum atomic E-state index is -0.373. The number of carbonyl (C=O) groups excluding carboxylic acids is 1. The number of H-pyrrole nitrogens is 1. The molecule has 0 fully saturated rings. The molecule has 0 aromatic carbocycles. The Morgan fingerprint density at radius 2 is 2.31 bits per heavy atom. The third-order valence-corrected chi connectivity index (χ3v) is 4.80. The van der Waals surface area contributed by atoms with Gasteiger partial charge in [-0.1, -0.05) is 6.07 Å². The van der Waals surface area contributed by atoms with E-state index in [2.05, 4.69) is 15.0 Å². The van der Waals surface area contributed by atoms with Gasteiger partial charge in [-0.3, -0.25) is 4.79 Å². The second kappa shape index (κ2) is 5.55. The largest absolute Gasteiger partial charge is 0.438 e. The second-order valence-electron chi connectivity index (χ2n) is 6.36. The van der Waals surface area contributed by atoms with Crippen LogP contribution in [-0.2, 0) is 6.42 Å². The highest BCUT2D eigenvalue weighted by Gasteiger charge is 2.37. The number of hydrogen-bond acceptors (Lipinski definition) is 5. The van der Waals surface area contributed by atoms with Gasteiger partial charge in [0, 0.05) is 24.4 Å². The van der Waals surface area contributed by atoms with E-state index in [0.717, 1.165) is 28.3 Å². The Hall–Kier alpha value is -3.42. The molecule has 0 spiro atoms. The zero-order valence-electron chi connectivity index (χ0n) is 14.1. The third-order valence-electron chi connectivity index (χ3n) is 4.80. The summed E-state index contributed by atoms with van der Waals surface area (Å²) >= 11 is 0. The van der Waals surface area contributed by atoms with Crippen molar-refractivity contribution >= 4 is 11.4 Å². The molecule has 5 heterocycles. The van der Waals surface area contributed by atoms with Crippen LogP contribution in [0.4, 0.5) is 0 Å². The van der Waals surface area contributed by atoms with Crippen LogP contribution in [0.2, 0.25) is 0 Å². The quantitative estimate of drug-likeness (QED) is 0.599. The van der Waals surface area contributed by atoms with Gasteiger partial charge in [0.15, 0.2) is 6.39 Å². The van der Waals surface area contributed by atoms with Gasteiger partial charge in [0.05, 0.1) is 29.4 Å². The highest BCUT2D eigenvalue weighted by atomic mass is 16.3. The third kappa shape index (κ3) is 2.15. The van der Waals surface area contributed by atoms with Crippen LogP contribution in [0.3, 0.4) is 0 Å². The van der Waals surface area contributed by atoms with Gasteiger partial charge in [-0.15, -0.1) is 0 Å². The molecule has 4 aromatic rings. The molecule has 0 aliphatic carbocycles. The Morgan fingerprint density at radius 1 is 1.38 bits per heavy atom. The minimum absolute atomic E-state index is 0.213. The highest BCUT2D eigenvalue weighted by molar-refractivity contribution is 5.91. The average Bonchev–Trinajstić information content (AvgIpc) is 3.39. The van der Waals surface area contributed by atoms with Crippen LogP contribution in [0, 0.1) is 6.92 Å². The fourth-order valence-electron chi connectivity index (χ4n) is 3.56. The number of rotatable bonds is 2. The normalized spacial score (nSPS) is 16.8. The van der Waals surface area contributed by atoms with E-state index in [-0.39, 0.29) is 17.7 Å². The molecule has 1 aliphatic heterocycles. The first-order valence-electron chi connectivity index (χ1n) is 8.39. The van der Waals surface area contributed by atoms with Crippen molar-refractivity contribution in [3.8, 4) is 0 Å². The predicted octanol–water partition coefficient (Wildman–Crippen LogP) is 2.14. The standard InChI is InChI=1S/C18H16N6O2/c1-11-3-2-4-12-7-14(22-24(11)12)17-16-13(20-9-21-16)5-6-23(17)18(25)15-8-19-10-26-15/h2-4,7-10,17H,5-6H2,1H3,(H,20,21). The average molecular weight is 348 g/mol. The number of hydrogen-bond donors (Lipinski definition) is 1. The van der Waals surface area contributed by atoms with Gasteiger partial charge in [0.2, 0.25) is 5.76 Å². The number of fused-ring (bicyclic) bond motifs is 2. The number of carbonyl (C=O) groups is 1. The van der Waals surface area contributed by atoms with Crippen LogP contribution in [0.1, 0.15) is 39.4 Å². The maximum atomic E-state index is 13.0. The molecule has 1 N–H and O–H groups in total. The Bertz CT molecular complexity index is 1090. The van der Waals surface area contributed by atoms with Gasteiger partial charge in [0.1, 0.15) is 6.04 Å². The molecule has 1 amide bonds. The van der Waals surface area contributed by atoms with Crippen LogP contribution >= 0.6 is 0 Å². The lowest BCUT2D eigenvalue weighted by Crippen LogP contribution is -2.40. The summed E-state index contributed by atoms with van der Waals surface area (Å²) in [6.07, 6.45) is 5.08. The van der Waals surface area contributed by atoms with Crippen molar-refractivity contribution < 1.29 is 9.21 Å². The monoisotopic (exact) mass is 348 g/mol. The molecule has 130 valence electrons. The number of nitrogens with zero attached hydrogens (tertiary/aromatic N) is 5. The summed E-state index contributed by atoms with van der Waals surface area (Å²) in [5.41, 5.74) is 4.64. The molecule has 4 aromatic heterocycles.